The minimum Gasteiger partial charge on any atom is -0.505 e. The maximum atomic E-state index is 8.58. The summed E-state index contributed by atoms with van der Waals surface area (Å²) in [5.74, 6) is 0.215. The Kier molecular flexibility index (Phi) is 1.04. The third kappa shape index (κ3) is 0.703. The summed E-state index contributed by atoms with van der Waals surface area (Å²) in [6.07, 6.45) is 1.44. The van der Waals surface area contributed by atoms with Crippen molar-refractivity contribution < 1.29 is 9.63 Å². The van der Waals surface area contributed by atoms with E-state index in [1.165, 1.54) is 12.3 Å². The summed E-state index contributed by atoms with van der Waals surface area (Å²) in [5, 5.41) is 11.9. The molecule has 1 heterocycles. The molecule has 0 atom stereocenters. The molecule has 0 fully saturated rings. The molecule has 8 heavy (non-hydrogen) atoms. The Morgan fingerprint density at radius 3 is 2.88 bits per heavy atom. The van der Waals surface area contributed by atoms with Gasteiger partial charge in [0.1, 0.15) is 0 Å². The van der Waals surface area contributed by atoms with Gasteiger partial charge in [-0.3, -0.25) is 0 Å². The standard InChI is InChI=1S/C5H5NO2/c1-4(7)5-2-3-6-8-5/h2-3,7H,1H2. The maximum Gasteiger partial charge on any atom is 0.200 e. The highest BCUT2D eigenvalue weighted by molar-refractivity contribution is 5.48. The molecule has 0 amide bonds. The molecule has 0 saturated carbocycles. The first kappa shape index (κ1) is 4.90. The first-order valence-corrected chi connectivity index (χ1v) is 2.09. The average molecular weight is 111 g/mol. The highest BCUT2D eigenvalue weighted by atomic mass is 16.5. The van der Waals surface area contributed by atoms with Crippen LogP contribution >= 0.6 is 0 Å². The molecule has 42 valence electrons. The third-order valence-electron chi connectivity index (χ3n) is 0.722. The molecular weight excluding hydrogens is 106 g/mol. The Hall–Kier alpha value is -1.25. The molecule has 0 aromatic carbocycles. The number of hydrogen-bond acceptors (Lipinski definition) is 3. The highest BCUT2D eigenvalue weighted by Crippen LogP contribution is 2.04. The molecule has 0 unspecified atom stereocenters. The van der Waals surface area contributed by atoms with Gasteiger partial charge in [0.15, 0.2) is 5.76 Å². The van der Waals surface area contributed by atoms with E-state index >= 15 is 0 Å². The van der Waals surface area contributed by atoms with Gasteiger partial charge in [-0.05, 0) is 0 Å². The maximum absolute atomic E-state index is 8.58. The van der Waals surface area contributed by atoms with Crippen LogP contribution in [0, 0.1) is 0 Å². The second-order valence-corrected chi connectivity index (χ2v) is 1.32. The number of rotatable bonds is 1. The Labute approximate surface area is 46.2 Å². The van der Waals surface area contributed by atoms with Crippen LogP contribution in [-0.4, -0.2) is 10.3 Å². The van der Waals surface area contributed by atoms with Crippen LogP contribution in [-0.2, 0) is 0 Å². The highest BCUT2D eigenvalue weighted by Gasteiger charge is 1.96. The topological polar surface area (TPSA) is 46.3 Å². The van der Waals surface area contributed by atoms with E-state index in [4.69, 9.17) is 5.11 Å². The number of nitrogens with zero attached hydrogens (tertiary/aromatic N) is 1. The Bertz CT molecular complexity index is 178. The molecule has 0 aliphatic heterocycles. The fourth-order valence-corrected chi connectivity index (χ4v) is 0.365. The predicted molar refractivity (Wildman–Crippen MR) is 28.2 cm³/mol. The SMILES string of the molecule is C=C(O)c1ccno1. The van der Waals surface area contributed by atoms with Gasteiger partial charge in [-0.15, -0.1) is 0 Å². The zero-order valence-corrected chi connectivity index (χ0v) is 4.16. The smallest absolute Gasteiger partial charge is 0.200 e. The van der Waals surface area contributed by atoms with E-state index in [9.17, 15) is 0 Å². The van der Waals surface area contributed by atoms with E-state index in [1.54, 1.807) is 0 Å². The van der Waals surface area contributed by atoms with Gasteiger partial charge in [0.05, 0.1) is 6.20 Å². The van der Waals surface area contributed by atoms with Crippen molar-refractivity contribution in [2.24, 2.45) is 0 Å². The number of aromatic nitrogens is 1. The molecular formula is C5H5NO2. The second kappa shape index (κ2) is 1.69. The summed E-state index contributed by atoms with van der Waals surface area (Å²) >= 11 is 0. The van der Waals surface area contributed by atoms with Gasteiger partial charge in [0.2, 0.25) is 5.76 Å². The molecule has 0 radical (unpaired) electrons. The molecule has 0 aliphatic carbocycles. The van der Waals surface area contributed by atoms with Crippen molar-refractivity contribution in [1.82, 2.24) is 5.16 Å². The lowest BCUT2D eigenvalue weighted by Crippen LogP contribution is -1.71. The minimum absolute atomic E-state index is 0.0949. The molecule has 1 N–H and O–H groups in total. The van der Waals surface area contributed by atoms with Crippen molar-refractivity contribution in [3.63, 3.8) is 0 Å². The van der Waals surface area contributed by atoms with Gasteiger partial charge >= 0.3 is 0 Å². The molecule has 1 rings (SSSR count). The summed E-state index contributed by atoms with van der Waals surface area (Å²) in [4.78, 5) is 0. The van der Waals surface area contributed by atoms with Crippen LogP contribution in [0.1, 0.15) is 5.76 Å². The molecule has 0 spiro atoms. The lowest BCUT2D eigenvalue weighted by atomic mass is 10.4. The van der Waals surface area contributed by atoms with Crippen molar-refractivity contribution in [3.05, 3.63) is 24.6 Å². The molecule has 3 nitrogen and oxygen atoms in total. The zero-order valence-electron chi connectivity index (χ0n) is 4.16. The second-order valence-electron chi connectivity index (χ2n) is 1.32. The summed E-state index contributed by atoms with van der Waals surface area (Å²) in [6.45, 7) is 3.22. The quantitative estimate of drug-likeness (QED) is 0.554. The lowest BCUT2D eigenvalue weighted by molar-refractivity contribution is 0.382. The van der Waals surface area contributed by atoms with Crippen molar-refractivity contribution in [1.29, 1.82) is 0 Å². The van der Waals surface area contributed by atoms with Gasteiger partial charge < -0.3 is 9.63 Å². The van der Waals surface area contributed by atoms with Crippen molar-refractivity contribution in [2.75, 3.05) is 0 Å². The average Bonchev–Trinajstić information content (AvgIpc) is 2.12. The van der Waals surface area contributed by atoms with E-state index in [2.05, 4.69) is 16.3 Å². The monoisotopic (exact) mass is 111 g/mol. The Morgan fingerprint density at radius 2 is 2.62 bits per heavy atom. The van der Waals surface area contributed by atoms with Gasteiger partial charge in [-0.2, -0.15) is 0 Å². The normalized spacial score (nSPS) is 9.00. The molecule has 0 aliphatic rings. The zero-order chi connectivity index (χ0) is 5.98. The molecule has 0 bridgehead atoms. The van der Waals surface area contributed by atoms with Gasteiger partial charge in [0, 0.05) is 6.07 Å². The van der Waals surface area contributed by atoms with Crippen LogP contribution < -0.4 is 0 Å². The van der Waals surface area contributed by atoms with Gasteiger partial charge in [-0.25, -0.2) is 0 Å². The van der Waals surface area contributed by atoms with Crippen molar-refractivity contribution in [3.8, 4) is 0 Å². The first-order valence-electron chi connectivity index (χ1n) is 2.09. The summed E-state index contributed by atoms with van der Waals surface area (Å²) < 4.78 is 4.50. The fourth-order valence-electron chi connectivity index (χ4n) is 0.365. The van der Waals surface area contributed by atoms with Crippen molar-refractivity contribution in [2.45, 2.75) is 0 Å². The summed E-state index contributed by atoms with van der Waals surface area (Å²) in [5.41, 5.74) is 0. The van der Waals surface area contributed by atoms with E-state index in [-0.39, 0.29) is 5.76 Å². The largest absolute Gasteiger partial charge is 0.505 e. The number of aliphatic hydroxyl groups is 1. The summed E-state index contributed by atoms with van der Waals surface area (Å²) in [6, 6.07) is 1.53. The number of hydrogen-bond donors (Lipinski definition) is 1. The van der Waals surface area contributed by atoms with E-state index in [0.29, 0.717) is 5.76 Å². The number of aliphatic hydroxyl groups excluding tert-OH is 1. The van der Waals surface area contributed by atoms with Crippen LogP contribution in [0.15, 0.2) is 23.4 Å². The van der Waals surface area contributed by atoms with E-state index < -0.39 is 0 Å². The van der Waals surface area contributed by atoms with Gasteiger partial charge in [-0.1, -0.05) is 11.7 Å². The van der Waals surface area contributed by atoms with Crippen LogP contribution in [0.2, 0.25) is 0 Å². The van der Waals surface area contributed by atoms with E-state index in [0.717, 1.165) is 0 Å². The van der Waals surface area contributed by atoms with Crippen LogP contribution in [0.5, 0.6) is 0 Å². The van der Waals surface area contributed by atoms with E-state index in [1.807, 2.05) is 0 Å². The molecule has 3 heteroatoms. The summed E-state index contributed by atoms with van der Waals surface area (Å²) in [7, 11) is 0. The van der Waals surface area contributed by atoms with Crippen molar-refractivity contribution >= 4 is 5.76 Å². The van der Waals surface area contributed by atoms with Crippen LogP contribution in [0.3, 0.4) is 0 Å². The Morgan fingerprint density at radius 1 is 1.88 bits per heavy atom. The van der Waals surface area contributed by atoms with Crippen LogP contribution in [0.25, 0.3) is 5.76 Å². The first-order chi connectivity index (χ1) is 3.80. The third-order valence-corrected chi connectivity index (χ3v) is 0.722. The van der Waals surface area contributed by atoms with Crippen LogP contribution in [0.4, 0.5) is 0 Å². The lowest BCUT2D eigenvalue weighted by Gasteiger charge is -1.83. The van der Waals surface area contributed by atoms with Gasteiger partial charge in [0.25, 0.3) is 0 Å². The molecule has 1 aromatic heterocycles. The molecule has 0 saturated heterocycles. The Balaban J connectivity index is 2.93. The fraction of sp³-hybridized carbons (Fsp3) is 0. The minimum atomic E-state index is -0.0949. The predicted octanol–water partition coefficient (Wildman–Crippen LogP) is 1.20. The molecule has 1 aromatic rings.